The third-order valence-electron chi connectivity index (χ3n) is 9.08. The largest absolute Gasteiger partial charge is 0.373 e. The molecule has 3 amide bonds. The monoisotopic (exact) mass is 593 g/mol. The maximum absolute atomic E-state index is 14.2. The zero-order valence-corrected chi connectivity index (χ0v) is 23.8. The van der Waals surface area contributed by atoms with Crippen molar-refractivity contribution in [2.24, 2.45) is 11.5 Å². The first-order chi connectivity index (χ1) is 20.9. The van der Waals surface area contributed by atoms with E-state index in [1.165, 1.54) is 0 Å². The second-order valence-electron chi connectivity index (χ2n) is 12.5. The Bertz CT molecular complexity index is 1530. The number of hydrogen-bond donors (Lipinski definition) is 3. The molecular formula is C31H35N3O9. The smallest absolute Gasteiger partial charge is 0.252 e. The van der Waals surface area contributed by atoms with Gasteiger partial charge < -0.3 is 45.2 Å². The lowest BCUT2D eigenvalue weighted by Gasteiger charge is -2.28. The van der Waals surface area contributed by atoms with Gasteiger partial charge in [0.05, 0.1) is 93.0 Å². The minimum absolute atomic E-state index is 0.00636. The van der Waals surface area contributed by atoms with Crippen LogP contribution >= 0.6 is 0 Å². The average Bonchev–Trinajstić information content (AvgIpc) is 3.76. The van der Waals surface area contributed by atoms with Gasteiger partial charge in [0.1, 0.15) is 0 Å². The van der Waals surface area contributed by atoms with E-state index in [4.69, 9.17) is 39.9 Å². The van der Waals surface area contributed by atoms with Gasteiger partial charge in [0, 0.05) is 38.6 Å². The van der Waals surface area contributed by atoms with Crippen LogP contribution < -0.4 is 16.8 Å². The maximum Gasteiger partial charge on any atom is 0.252 e. The summed E-state index contributed by atoms with van der Waals surface area (Å²) in [6.07, 6.45) is 2.71. The van der Waals surface area contributed by atoms with Crippen molar-refractivity contribution in [3.8, 4) is 0 Å². The van der Waals surface area contributed by atoms with Crippen LogP contribution in [0.4, 0.5) is 0 Å². The van der Waals surface area contributed by atoms with Crippen molar-refractivity contribution in [2.45, 2.75) is 68.7 Å². The number of nitrogens with one attached hydrogen (secondary N) is 1. The number of benzene rings is 2. The first-order valence-corrected chi connectivity index (χ1v) is 15.1. The molecule has 0 spiro atoms. The summed E-state index contributed by atoms with van der Waals surface area (Å²) in [7, 11) is 0. The van der Waals surface area contributed by atoms with Gasteiger partial charge in [0.25, 0.3) is 5.91 Å². The van der Waals surface area contributed by atoms with E-state index in [-0.39, 0.29) is 59.9 Å². The molecule has 6 aliphatic rings. The molecule has 228 valence electrons. The number of ether oxygens (including phenoxy) is 6. The van der Waals surface area contributed by atoms with Crippen LogP contribution in [-0.2, 0) is 60.5 Å². The fourth-order valence-corrected chi connectivity index (χ4v) is 6.54. The summed E-state index contributed by atoms with van der Waals surface area (Å²) in [5, 5.41) is 4.33. The Morgan fingerprint density at radius 1 is 0.512 bits per heavy atom. The summed E-state index contributed by atoms with van der Waals surface area (Å²) in [4.78, 5) is 40.8. The van der Waals surface area contributed by atoms with E-state index in [2.05, 4.69) is 5.32 Å². The molecule has 0 saturated carbocycles. The molecule has 6 fully saturated rings. The van der Waals surface area contributed by atoms with Gasteiger partial charge >= 0.3 is 0 Å². The SMILES string of the molecule is NC(=O)c1c(C(N)=O)c(C(=O)NCC2CO2)c2c(CC3CO3)c(CC3CO3)c(CC3CO3)c(CC3CO3)c2c1CC1CO1. The van der Waals surface area contributed by atoms with E-state index >= 15 is 0 Å². The van der Waals surface area contributed by atoms with Crippen LogP contribution in [0.5, 0.6) is 0 Å². The molecule has 0 aliphatic carbocycles. The second kappa shape index (κ2) is 10.5. The lowest BCUT2D eigenvalue weighted by molar-refractivity contribution is 0.0931. The fourth-order valence-electron chi connectivity index (χ4n) is 6.54. The van der Waals surface area contributed by atoms with Crippen molar-refractivity contribution in [3.63, 3.8) is 0 Å². The summed E-state index contributed by atoms with van der Waals surface area (Å²) < 4.78 is 33.9. The van der Waals surface area contributed by atoms with E-state index in [0.717, 1.165) is 27.6 Å². The Hall–Kier alpha value is -3.13. The average molecular weight is 594 g/mol. The van der Waals surface area contributed by atoms with Gasteiger partial charge in [-0.15, -0.1) is 0 Å². The number of primary amides is 2. The van der Waals surface area contributed by atoms with Gasteiger partial charge in [-0.25, -0.2) is 0 Å². The number of fused-ring (bicyclic) bond motifs is 1. The lowest BCUT2D eigenvalue weighted by atomic mass is 9.76. The third-order valence-corrected chi connectivity index (χ3v) is 9.08. The molecule has 8 rings (SSSR count). The molecule has 6 saturated heterocycles. The number of carbonyl (C=O) groups is 3. The minimum atomic E-state index is -0.885. The Morgan fingerprint density at radius 2 is 0.884 bits per heavy atom. The van der Waals surface area contributed by atoms with Crippen molar-refractivity contribution in [2.75, 3.05) is 46.2 Å². The number of rotatable bonds is 15. The van der Waals surface area contributed by atoms with Gasteiger partial charge in [0.2, 0.25) is 11.8 Å². The van der Waals surface area contributed by atoms with Crippen molar-refractivity contribution in [3.05, 3.63) is 44.5 Å². The van der Waals surface area contributed by atoms with Crippen LogP contribution in [0.15, 0.2) is 0 Å². The predicted octanol–water partition coefficient (Wildman–Crippen LogP) is -0.127. The normalized spacial score (nSPS) is 29.3. The molecule has 5 N–H and O–H groups in total. The van der Waals surface area contributed by atoms with Crippen molar-refractivity contribution >= 4 is 28.5 Å². The van der Waals surface area contributed by atoms with Crippen LogP contribution in [0.2, 0.25) is 0 Å². The number of nitrogens with two attached hydrogens (primary N) is 2. The van der Waals surface area contributed by atoms with Crippen molar-refractivity contribution in [1.82, 2.24) is 5.32 Å². The molecule has 0 radical (unpaired) electrons. The Labute approximate surface area is 247 Å². The van der Waals surface area contributed by atoms with Crippen molar-refractivity contribution in [1.29, 1.82) is 0 Å². The van der Waals surface area contributed by atoms with Crippen LogP contribution in [0.25, 0.3) is 10.8 Å². The standard InChI is InChI=1S/C31H35N3O9/c32-29(35)26-23(5-17-11-42-17)24-21(3-15-9-40-15)19(1-13-7-38-13)20(2-14-8-39-14)22(4-16-10-41-16)25(24)28(27(26)30(33)36)31(37)34-6-18-12-43-18/h13-18H,1-12H2,(H2,32,35)(H2,33,36)(H,34,37). The molecule has 43 heavy (non-hydrogen) atoms. The quantitative estimate of drug-likeness (QED) is 0.236. The van der Waals surface area contributed by atoms with Crippen molar-refractivity contribution < 1.29 is 42.8 Å². The summed E-state index contributed by atoms with van der Waals surface area (Å²) in [5.41, 5.74) is 16.7. The lowest BCUT2D eigenvalue weighted by Crippen LogP contribution is -2.33. The summed E-state index contributed by atoms with van der Waals surface area (Å²) in [6.45, 7) is 3.90. The van der Waals surface area contributed by atoms with E-state index in [1.54, 1.807) is 0 Å². The molecular weight excluding hydrogens is 558 g/mol. The zero-order valence-electron chi connectivity index (χ0n) is 23.8. The molecule has 6 atom stereocenters. The molecule has 0 bridgehead atoms. The van der Waals surface area contributed by atoms with E-state index in [0.29, 0.717) is 82.7 Å². The molecule has 6 aliphatic heterocycles. The molecule has 12 heteroatoms. The number of hydrogen-bond acceptors (Lipinski definition) is 9. The van der Waals surface area contributed by atoms with Crippen LogP contribution in [0.3, 0.4) is 0 Å². The van der Waals surface area contributed by atoms with E-state index < -0.39 is 17.7 Å². The Kier molecular flexibility index (Phi) is 6.69. The molecule has 6 unspecified atom stereocenters. The van der Waals surface area contributed by atoms with Crippen LogP contribution in [0.1, 0.15) is 58.9 Å². The van der Waals surface area contributed by atoms with Gasteiger partial charge in [-0.05, 0) is 38.6 Å². The highest BCUT2D eigenvalue weighted by molar-refractivity contribution is 6.23. The van der Waals surface area contributed by atoms with Gasteiger partial charge in [-0.3, -0.25) is 14.4 Å². The number of carbonyl (C=O) groups excluding carboxylic acids is 3. The zero-order chi connectivity index (χ0) is 29.4. The highest BCUT2D eigenvalue weighted by atomic mass is 16.6. The van der Waals surface area contributed by atoms with Gasteiger partial charge in [-0.1, -0.05) is 0 Å². The molecule has 6 heterocycles. The number of amides is 3. The van der Waals surface area contributed by atoms with E-state index in [9.17, 15) is 14.4 Å². The summed E-state index contributed by atoms with van der Waals surface area (Å²) in [6, 6.07) is 0. The first-order valence-electron chi connectivity index (χ1n) is 15.1. The van der Waals surface area contributed by atoms with Gasteiger partial charge in [-0.2, -0.15) is 0 Å². The topological polar surface area (TPSA) is 190 Å². The predicted molar refractivity (Wildman–Crippen MR) is 150 cm³/mol. The van der Waals surface area contributed by atoms with Crippen LogP contribution in [-0.4, -0.2) is 101 Å². The second-order valence-corrected chi connectivity index (χ2v) is 12.5. The summed E-state index contributed by atoms with van der Waals surface area (Å²) >= 11 is 0. The van der Waals surface area contributed by atoms with Gasteiger partial charge in [0.15, 0.2) is 0 Å². The molecule has 0 aromatic heterocycles. The minimum Gasteiger partial charge on any atom is -0.373 e. The summed E-state index contributed by atoms with van der Waals surface area (Å²) in [5.74, 6) is -2.19. The molecule has 2 aromatic carbocycles. The number of epoxide rings is 6. The highest BCUT2D eigenvalue weighted by Crippen LogP contribution is 2.45. The molecule has 2 aromatic rings. The van der Waals surface area contributed by atoms with E-state index in [1.807, 2.05) is 0 Å². The maximum atomic E-state index is 14.2. The fraction of sp³-hybridized carbons (Fsp3) is 0.581. The Balaban J connectivity index is 1.49. The molecule has 12 nitrogen and oxygen atoms in total. The Morgan fingerprint density at radius 3 is 1.28 bits per heavy atom. The van der Waals surface area contributed by atoms with Crippen LogP contribution in [0, 0.1) is 0 Å². The first kappa shape index (κ1) is 27.4. The third kappa shape index (κ3) is 5.75. The highest BCUT2D eigenvalue weighted by Gasteiger charge is 2.41.